The van der Waals surface area contributed by atoms with Crippen molar-refractivity contribution in [3.05, 3.63) is 96.5 Å². The molecule has 0 unspecified atom stereocenters. The number of piperazine rings is 1. The Kier molecular flexibility index (Phi) is 9.95. The molecule has 2 aliphatic rings. The first-order chi connectivity index (χ1) is 23.9. The van der Waals surface area contributed by atoms with Crippen molar-refractivity contribution in [1.82, 2.24) is 29.2 Å². The van der Waals surface area contributed by atoms with Crippen molar-refractivity contribution in [2.75, 3.05) is 63.6 Å². The molecule has 262 valence electrons. The van der Waals surface area contributed by atoms with Gasteiger partial charge < -0.3 is 25.2 Å². The third kappa shape index (κ3) is 7.51. The number of nitrogens with one attached hydrogen (secondary N) is 3. The fraction of sp³-hybridized carbons (Fsp3) is 0.265. The smallest absolute Gasteiger partial charge is 0.321 e. The monoisotopic (exact) mass is 718 g/mol. The number of urea groups is 1. The molecule has 1 saturated heterocycles. The van der Waals surface area contributed by atoms with Crippen LogP contribution in [-0.4, -0.2) is 95.5 Å². The van der Waals surface area contributed by atoms with Crippen molar-refractivity contribution in [2.45, 2.75) is 16.7 Å². The highest BCUT2D eigenvalue weighted by molar-refractivity contribution is 7.89. The van der Waals surface area contributed by atoms with Crippen molar-refractivity contribution in [2.24, 2.45) is 0 Å². The summed E-state index contributed by atoms with van der Waals surface area (Å²) >= 11 is 0. The number of hydrogen-bond donors (Lipinski definition) is 3. The Morgan fingerprint density at radius 3 is 2.44 bits per heavy atom. The fourth-order valence-corrected chi connectivity index (χ4v) is 8.23. The quantitative estimate of drug-likeness (QED) is 0.221. The van der Waals surface area contributed by atoms with E-state index in [0.29, 0.717) is 47.9 Å². The van der Waals surface area contributed by atoms with Crippen molar-refractivity contribution in [3.8, 4) is 5.75 Å². The van der Waals surface area contributed by atoms with Gasteiger partial charge in [0, 0.05) is 57.9 Å². The van der Waals surface area contributed by atoms with E-state index in [2.05, 4.69) is 20.3 Å². The van der Waals surface area contributed by atoms with Gasteiger partial charge in [0.25, 0.3) is 10.0 Å². The first-order valence-corrected chi connectivity index (χ1v) is 18.9. The highest BCUT2D eigenvalue weighted by atomic mass is 32.2. The van der Waals surface area contributed by atoms with Crippen LogP contribution in [-0.2, 0) is 20.0 Å². The molecule has 2 aliphatic heterocycles. The van der Waals surface area contributed by atoms with Crippen LogP contribution < -0.4 is 25.0 Å². The maximum absolute atomic E-state index is 13.9. The van der Waals surface area contributed by atoms with E-state index >= 15 is 0 Å². The van der Waals surface area contributed by atoms with Crippen molar-refractivity contribution in [1.29, 1.82) is 0 Å². The molecule has 16 heteroatoms. The van der Waals surface area contributed by atoms with E-state index in [1.165, 1.54) is 15.3 Å². The minimum atomic E-state index is -3.96. The number of rotatable bonds is 10. The Hall–Kier alpha value is -5.19. The zero-order valence-corrected chi connectivity index (χ0v) is 29.5. The van der Waals surface area contributed by atoms with Crippen LogP contribution in [0.15, 0.2) is 101 Å². The second-order valence-corrected chi connectivity index (χ2v) is 15.4. The van der Waals surface area contributed by atoms with Gasteiger partial charge in [0.05, 0.1) is 35.3 Å². The lowest BCUT2D eigenvalue weighted by molar-refractivity contribution is 0.230. The standard InChI is InChI=1S/C34H38N8O6S2/c1-4-48-31-13-11-26(37-34(43)40(2)3)20-32(31)50(46,47)42-16-14-41(15-17-42)33-23-36-29-12-10-24(19-30(29)38-33)25-18-27(22-35-21-25)39-49(44,45)28-8-6-5-7-9-28/h5-13,18-21,23,35,39H,4,14-17,22H2,1-3H3,(H,37,43). The third-order valence-corrected chi connectivity index (χ3v) is 11.5. The van der Waals surface area contributed by atoms with Gasteiger partial charge in [0.2, 0.25) is 10.0 Å². The van der Waals surface area contributed by atoms with Gasteiger partial charge in [-0.2, -0.15) is 4.31 Å². The van der Waals surface area contributed by atoms with Gasteiger partial charge in [0.15, 0.2) is 0 Å². The van der Waals surface area contributed by atoms with Crippen LogP contribution >= 0.6 is 0 Å². The van der Waals surface area contributed by atoms with Crippen LogP contribution in [0.3, 0.4) is 0 Å². The topological polar surface area (TPSA) is 166 Å². The summed E-state index contributed by atoms with van der Waals surface area (Å²) in [7, 11) is -4.51. The van der Waals surface area contributed by atoms with Crippen LogP contribution in [0.4, 0.5) is 16.3 Å². The number of benzene rings is 3. The summed E-state index contributed by atoms with van der Waals surface area (Å²) in [6.45, 7) is 3.53. The van der Waals surface area contributed by atoms with E-state index in [1.54, 1.807) is 75.8 Å². The van der Waals surface area contributed by atoms with Crippen molar-refractivity contribution >= 4 is 54.2 Å². The number of carbonyl (C=O) groups is 1. The first-order valence-electron chi connectivity index (χ1n) is 15.9. The summed E-state index contributed by atoms with van der Waals surface area (Å²) in [5.74, 6) is 0.825. The maximum Gasteiger partial charge on any atom is 0.321 e. The van der Waals surface area contributed by atoms with Crippen molar-refractivity contribution in [3.63, 3.8) is 0 Å². The highest BCUT2D eigenvalue weighted by Gasteiger charge is 2.32. The number of allylic oxidation sites excluding steroid dienone is 2. The van der Waals surface area contributed by atoms with Gasteiger partial charge in [-0.1, -0.05) is 24.3 Å². The van der Waals surface area contributed by atoms with Crippen LogP contribution in [0.5, 0.6) is 5.75 Å². The van der Waals surface area contributed by atoms with Gasteiger partial charge in [-0.05, 0) is 66.6 Å². The van der Waals surface area contributed by atoms with Gasteiger partial charge in [-0.15, -0.1) is 0 Å². The molecule has 0 radical (unpaired) electrons. The second kappa shape index (κ2) is 14.3. The van der Waals surface area contributed by atoms with Gasteiger partial charge >= 0.3 is 6.03 Å². The largest absolute Gasteiger partial charge is 0.492 e. The Balaban J connectivity index is 1.17. The number of fused-ring (bicyclic) bond motifs is 1. The first kappa shape index (κ1) is 34.7. The highest BCUT2D eigenvalue weighted by Crippen LogP contribution is 2.31. The number of ether oxygens (including phenoxy) is 1. The zero-order chi connectivity index (χ0) is 35.5. The molecule has 4 aromatic rings. The number of sulfonamides is 2. The van der Waals surface area contributed by atoms with E-state index < -0.39 is 20.0 Å². The molecule has 0 saturated carbocycles. The van der Waals surface area contributed by atoms with Gasteiger partial charge in [-0.3, -0.25) is 9.71 Å². The molecule has 0 bridgehead atoms. The molecule has 6 rings (SSSR count). The number of amides is 2. The molecule has 0 aliphatic carbocycles. The lowest BCUT2D eigenvalue weighted by Gasteiger charge is -2.34. The molecule has 0 atom stereocenters. The van der Waals surface area contributed by atoms with Crippen molar-refractivity contribution < 1.29 is 26.4 Å². The number of aromatic nitrogens is 2. The summed E-state index contributed by atoms with van der Waals surface area (Å²) in [5.41, 5.74) is 3.75. The van der Waals surface area contributed by atoms with Crippen LogP contribution in [0.25, 0.3) is 16.6 Å². The SMILES string of the molecule is CCOc1ccc(NC(=O)N(C)C)cc1S(=O)(=O)N1CCN(c2cnc3ccc(C4=CNCC(NS(=O)(=O)c5ccccc5)=C4)cc3n2)CC1. The number of nitrogens with zero attached hydrogens (tertiary/aromatic N) is 5. The predicted octanol–water partition coefficient (Wildman–Crippen LogP) is 3.44. The minimum Gasteiger partial charge on any atom is -0.492 e. The molecular formula is C34H38N8O6S2. The van der Waals surface area contributed by atoms with Gasteiger partial charge in [0.1, 0.15) is 16.5 Å². The molecule has 0 spiro atoms. The van der Waals surface area contributed by atoms with Crippen LogP contribution in [0.2, 0.25) is 0 Å². The maximum atomic E-state index is 13.9. The number of hydrogen-bond acceptors (Lipinski definition) is 10. The van der Waals surface area contributed by atoms with Crippen LogP contribution in [0, 0.1) is 0 Å². The van der Waals surface area contributed by atoms with E-state index in [9.17, 15) is 21.6 Å². The molecule has 3 N–H and O–H groups in total. The Morgan fingerprint density at radius 2 is 1.72 bits per heavy atom. The predicted molar refractivity (Wildman–Crippen MR) is 192 cm³/mol. The summed E-state index contributed by atoms with van der Waals surface area (Å²) in [5, 5.41) is 5.84. The van der Waals surface area contributed by atoms with E-state index in [4.69, 9.17) is 9.72 Å². The molecule has 3 heterocycles. The molecule has 14 nitrogen and oxygen atoms in total. The van der Waals surface area contributed by atoms with E-state index in [0.717, 1.165) is 11.1 Å². The molecule has 50 heavy (non-hydrogen) atoms. The Labute approximate surface area is 291 Å². The lowest BCUT2D eigenvalue weighted by atomic mass is 10.0. The molecule has 1 aromatic heterocycles. The summed E-state index contributed by atoms with van der Waals surface area (Å²) in [4.78, 5) is 25.2. The third-order valence-electron chi connectivity index (χ3n) is 8.14. The number of carbonyl (C=O) groups excluding carboxylic acids is 1. The minimum absolute atomic E-state index is 0.0149. The Bertz CT molecular complexity index is 2180. The average Bonchev–Trinajstić information content (AvgIpc) is 3.12. The van der Waals surface area contributed by atoms with Gasteiger partial charge in [-0.25, -0.2) is 26.6 Å². The summed E-state index contributed by atoms with van der Waals surface area (Å²) in [6, 6.07) is 18.0. The second-order valence-electron chi connectivity index (χ2n) is 11.8. The summed E-state index contributed by atoms with van der Waals surface area (Å²) < 4.78 is 63.2. The normalized spacial score (nSPS) is 15.5. The molecular weight excluding hydrogens is 681 g/mol. The zero-order valence-electron chi connectivity index (χ0n) is 27.8. The number of dihydropyridines is 1. The lowest BCUT2D eigenvalue weighted by Crippen LogP contribution is -2.49. The van der Waals surface area contributed by atoms with Crippen LogP contribution in [0.1, 0.15) is 12.5 Å². The molecule has 1 fully saturated rings. The number of anilines is 2. The Morgan fingerprint density at radius 1 is 0.960 bits per heavy atom. The molecule has 3 aromatic carbocycles. The summed E-state index contributed by atoms with van der Waals surface area (Å²) in [6.07, 6.45) is 5.28. The average molecular weight is 719 g/mol. The fourth-order valence-electron chi connectivity index (χ4n) is 5.54. The van der Waals surface area contributed by atoms with E-state index in [1.807, 2.05) is 29.3 Å². The van der Waals surface area contributed by atoms with E-state index in [-0.39, 0.29) is 41.3 Å². The molecule has 2 amide bonds.